The summed E-state index contributed by atoms with van der Waals surface area (Å²) in [4.78, 5) is 58.8. The molecule has 0 bridgehead atoms. The highest BCUT2D eigenvalue weighted by Gasteiger charge is 2.28. The first-order valence-electron chi connectivity index (χ1n) is 13.5. The van der Waals surface area contributed by atoms with E-state index in [1.54, 1.807) is 47.9 Å². The number of fused-ring (bicyclic) bond motifs is 1. The molecular weight excluding hydrogens is 540 g/mol. The van der Waals surface area contributed by atoms with Crippen molar-refractivity contribution in [2.75, 3.05) is 18.0 Å². The van der Waals surface area contributed by atoms with Crippen molar-refractivity contribution in [3.05, 3.63) is 91.6 Å². The van der Waals surface area contributed by atoms with Gasteiger partial charge in [-0.15, -0.1) is 5.92 Å². The highest BCUT2D eigenvalue weighted by molar-refractivity contribution is 5.90. The summed E-state index contributed by atoms with van der Waals surface area (Å²) in [7, 11) is 0. The second kappa shape index (κ2) is 11.8. The van der Waals surface area contributed by atoms with Gasteiger partial charge in [-0.05, 0) is 43.0 Å². The first-order valence-corrected chi connectivity index (χ1v) is 13.5. The van der Waals surface area contributed by atoms with Crippen molar-refractivity contribution in [3.63, 3.8) is 0 Å². The van der Waals surface area contributed by atoms with Crippen molar-refractivity contribution in [2.45, 2.75) is 45.4 Å². The van der Waals surface area contributed by atoms with Gasteiger partial charge in [-0.2, -0.15) is 4.98 Å². The highest BCUT2D eigenvalue weighted by atomic mass is 16.4. The predicted molar refractivity (Wildman–Crippen MR) is 156 cm³/mol. The van der Waals surface area contributed by atoms with Crippen LogP contribution in [0.5, 0.6) is 0 Å². The molecule has 0 saturated carbocycles. The van der Waals surface area contributed by atoms with E-state index in [1.807, 2.05) is 4.90 Å². The molecule has 216 valence electrons. The zero-order valence-corrected chi connectivity index (χ0v) is 23.0. The molecule has 2 aromatic carbocycles. The molecule has 0 radical (unpaired) electrons. The summed E-state index contributed by atoms with van der Waals surface area (Å²) in [6.07, 6.45) is 1.66. The Labute approximate surface area is 240 Å². The van der Waals surface area contributed by atoms with Gasteiger partial charge in [0, 0.05) is 19.1 Å². The maximum absolute atomic E-state index is 14.1. The van der Waals surface area contributed by atoms with Crippen molar-refractivity contribution in [3.8, 4) is 11.8 Å². The van der Waals surface area contributed by atoms with Gasteiger partial charge in [-0.25, -0.2) is 14.4 Å². The van der Waals surface area contributed by atoms with Gasteiger partial charge in [-0.1, -0.05) is 42.3 Å². The molecule has 4 aromatic rings. The Morgan fingerprint density at radius 3 is 2.12 bits per heavy atom. The SMILES string of the molecule is CC#CCn1c(N2CCC[C@@H](N)C2)nc2c1c(=O)n(Cc1ccccc1C(=O)O)c(=O)n2Cc1ccccc1C(=O)O. The van der Waals surface area contributed by atoms with Gasteiger partial charge in [0.15, 0.2) is 11.2 Å². The molecule has 0 spiro atoms. The first kappa shape index (κ1) is 28.4. The summed E-state index contributed by atoms with van der Waals surface area (Å²) >= 11 is 0. The van der Waals surface area contributed by atoms with Crippen molar-refractivity contribution in [2.24, 2.45) is 5.73 Å². The number of aromatic nitrogens is 4. The molecule has 12 heteroatoms. The fraction of sp³-hybridized carbons (Fsp3) is 0.300. The number of carbonyl (C=O) groups is 2. The summed E-state index contributed by atoms with van der Waals surface area (Å²) in [5, 5.41) is 19.5. The Kier molecular flexibility index (Phi) is 7.95. The third kappa shape index (κ3) is 5.29. The third-order valence-electron chi connectivity index (χ3n) is 7.40. The topological polar surface area (TPSA) is 166 Å². The second-order valence-corrected chi connectivity index (χ2v) is 10.1. The van der Waals surface area contributed by atoms with Crippen LogP contribution in [-0.4, -0.2) is 60.0 Å². The molecular formula is C30H30N6O6. The van der Waals surface area contributed by atoms with Gasteiger partial charge >= 0.3 is 17.6 Å². The molecule has 0 aliphatic carbocycles. The standard InChI is InChI=1S/C30H30N6O6/c1-2-3-15-34-24-25(32-29(34)33-14-8-11-21(31)18-33)35(16-19-9-4-6-12-22(19)27(38)39)30(42)36(26(24)37)17-20-10-5-7-13-23(20)28(40)41/h4-7,9-10,12-13,21H,8,11,14-18,31H2,1H3,(H,38,39)(H,40,41)/t21-/m1/s1. The fourth-order valence-corrected chi connectivity index (χ4v) is 5.38. The lowest BCUT2D eigenvalue weighted by atomic mass is 10.1. The number of hydrogen-bond donors (Lipinski definition) is 3. The molecule has 42 heavy (non-hydrogen) atoms. The van der Waals surface area contributed by atoms with E-state index >= 15 is 0 Å². The summed E-state index contributed by atoms with van der Waals surface area (Å²) in [6, 6.07) is 12.3. The molecule has 0 amide bonds. The van der Waals surface area contributed by atoms with Crippen LogP contribution >= 0.6 is 0 Å². The van der Waals surface area contributed by atoms with Gasteiger partial charge in [-0.3, -0.25) is 18.5 Å². The lowest BCUT2D eigenvalue weighted by Crippen LogP contribution is -2.44. The number of nitrogens with two attached hydrogens (primary N) is 1. The largest absolute Gasteiger partial charge is 0.478 e. The number of anilines is 1. The Morgan fingerprint density at radius 2 is 1.55 bits per heavy atom. The zero-order chi connectivity index (χ0) is 30.0. The Bertz CT molecular complexity index is 1880. The maximum Gasteiger partial charge on any atom is 0.336 e. The average molecular weight is 571 g/mol. The van der Waals surface area contributed by atoms with Crippen LogP contribution in [-0.2, 0) is 19.6 Å². The van der Waals surface area contributed by atoms with Crippen molar-refractivity contribution in [1.29, 1.82) is 0 Å². The van der Waals surface area contributed by atoms with Gasteiger partial charge in [0.2, 0.25) is 5.95 Å². The summed E-state index contributed by atoms with van der Waals surface area (Å²) in [5.41, 5.74) is 5.61. The van der Waals surface area contributed by atoms with Crippen LogP contribution in [0.3, 0.4) is 0 Å². The smallest absolute Gasteiger partial charge is 0.336 e. The zero-order valence-electron chi connectivity index (χ0n) is 23.0. The second-order valence-electron chi connectivity index (χ2n) is 10.1. The van der Waals surface area contributed by atoms with Crippen LogP contribution in [0.15, 0.2) is 58.1 Å². The van der Waals surface area contributed by atoms with E-state index in [0.717, 1.165) is 17.4 Å². The van der Waals surface area contributed by atoms with Crippen molar-refractivity contribution >= 4 is 29.1 Å². The van der Waals surface area contributed by atoms with Crippen LogP contribution in [0, 0.1) is 11.8 Å². The summed E-state index contributed by atoms with van der Waals surface area (Å²) in [5.74, 6) is 3.91. The van der Waals surface area contributed by atoms with Gasteiger partial charge in [0.1, 0.15) is 0 Å². The van der Waals surface area contributed by atoms with Gasteiger partial charge < -0.3 is 20.8 Å². The molecule has 2 aromatic heterocycles. The van der Waals surface area contributed by atoms with Crippen LogP contribution in [0.4, 0.5) is 5.95 Å². The molecule has 5 rings (SSSR count). The van der Waals surface area contributed by atoms with E-state index in [2.05, 4.69) is 11.8 Å². The minimum atomic E-state index is -1.19. The maximum atomic E-state index is 14.1. The van der Waals surface area contributed by atoms with Crippen LogP contribution < -0.4 is 21.9 Å². The minimum absolute atomic E-state index is 0.00466. The van der Waals surface area contributed by atoms with Crippen molar-refractivity contribution in [1.82, 2.24) is 18.7 Å². The van der Waals surface area contributed by atoms with Crippen LogP contribution in [0.2, 0.25) is 0 Å². The van der Waals surface area contributed by atoms with Crippen LogP contribution in [0.1, 0.15) is 51.6 Å². The Hall–Kier alpha value is -5.15. The molecule has 1 atom stereocenters. The van der Waals surface area contributed by atoms with E-state index in [1.165, 1.54) is 16.7 Å². The van der Waals surface area contributed by atoms with E-state index in [-0.39, 0.29) is 53.5 Å². The number of hydrogen-bond acceptors (Lipinski definition) is 7. The molecule has 1 fully saturated rings. The number of aromatic carboxylic acids is 2. The Balaban J connectivity index is 1.81. The molecule has 4 N–H and O–H groups in total. The van der Waals surface area contributed by atoms with Crippen molar-refractivity contribution < 1.29 is 19.8 Å². The molecule has 1 saturated heterocycles. The molecule has 0 unspecified atom stereocenters. The summed E-state index contributed by atoms with van der Waals surface area (Å²) < 4.78 is 3.90. The Morgan fingerprint density at radius 1 is 0.952 bits per heavy atom. The van der Waals surface area contributed by atoms with Crippen LogP contribution in [0.25, 0.3) is 11.2 Å². The van der Waals surface area contributed by atoms with Gasteiger partial charge in [0.25, 0.3) is 5.56 Å². The third-order valence-corrected chi connectivity index (χ3v) is 7.40. The average Bonchev–Trinajstić information content (AvgIpc) is 3.36. The number of carboxylic acids is 2. The number of piperidine rings is 1. The molecule has 12 nitrogen and oxygen atoms in total. The minimum Gasteiger partial charge on any atom is -0.478 e. The monoisotopic (exact) mass is 570 g/mol. The lowest BCUT2D eigenvalue weighted by molar-refractivity contribution is 0.0684. The predicted octanol–water partition coefficient (Wildman–Crippen LogP) is 1.80. The number of carboxylic acid groups (broad SMARTS) is 2. The van der Waals surface area contributed by atoms with E-state index in [9.17, 15) is 29.4 Å². The fourth-order valence-electron chi connectivity index (χ4n) is 5.38. The first-order chi connectivity index (χ1) is 20.2. The van der Waals surface area contributed by atoms with Gasteiger partial charge in [0.05, 0.1) is 30.8 Å². The van der Waals surface area contributed by atoms with E-state index < -0.39 is 23.2 Å². The quantitative estimate of drug-likeness (QED) is 0.268. The van der Waals surface area contributed by atoms with E-state index in [4.69, 9.17) is 10.7 Å². The normalized spacial score (nSPS) is 14.9. The number of rotatable bonds is 8. The number of imidazole rings is 1. The summed E-state index contributed by atoms with van der Waals surface area (Å²) in [6.45, 7) is 2.42. The molecule has 1 aliphatic rings. The lowest BCUT2D eigenvalue weighted by Gasteiger charge is -2.31. The molecule has 3 heterocycles. The number of nitrogens with zero attached hydrogens (tertiary/aromatic N) is 5. The number of benzene rings is 2. The molecule has 1 aliphatic heterocycles. The van der Waals surface area contributed by atoms with E-state index in [0.29, 0.717) is 24.6 Å². The highest BCUT2D eigenvalue weighted by Crippen LogP contribution is 2.24.